The van der Waals surface area contributed by atoms with Crippen LogP contribution in [0, 0.1) is 18.6 Å². The molecule has 0 saturated heterocycles. The van der Waals surface area contributed by atoms with E-state index in [-0.39, 0.29) is 12.4 Å². The minimum atomic E-state index is -4.39. The number of amides is 1. The molecular formula is C20H18F5NO2. The maximum absolute atomic E-state index is 14.0. The third-order valence-corrected chi connectivity index (χ3v) is 4.49. The number of rotatable bonds is 5. The smallest absolute Gasteiger partial charge is 0.389 e. The van der Waals surface area contributed by atoms with Gasteiger partial charge in [0, 0.05) is 24.0 Å². The Hall–Kier alpha value is -2.64. The molecule has 150 valence electrons. The number of fused-ring (bicyclic) bond motifs is 1. The first kappa shape index (κ1) is 20.1. The molecule has 1 aliphatic rings. The highest BCUT2D eigenvalue weighted by molar-refractivity contribution is 5.76. The summed E-state index contributed by atoms with van der Waals surface area (Å²) in [5.74, 6) is -1.15. The molecule has 3 rings (SSSR count). The Kier molecular flexibility index (Phi) is 5.58. The van der Waals surface area contributed by atoms with Crippen LogP contribution in [0.15, 0.2) is 30.3 Å². The molecule has 0 radical (unpaired) electrons. The van der Waals surface area contributed by atoms with Crippen molar-refractivity contribution in [3.63, 3.8) is 0 Å². The largest absolute Gasteiger partial charge is 0.487 e. The van der Waals surface area contributed by atoms with E-state index in [4.69, 9.17) is 4.74 Å². The van der Waals surface area contributed by atoms with Gasteiger partial charge in [0.1, 0.15) is 23.5 Å². The van der Waals surface area contributed by atoms with Crippen molar-refractivity contribution in [3.05, 3.63) is 53.1 Å². The van der Waals surface area contributed by atoms with Crippen LogP contribution >= 0.6 is 0 Å². The Morgan fingerprint density at radius 1 is 1.21 bits per heavy atom. The van der Waals surface area contributed by atoms with Crippen molar-refractivity contribution >= 4 is 5.91 Å². The molecule has 1 atom stereocenters. The van der Waals surface area contributed by atoms with E-state index in [0.717, 1.165) is 0 Å². The predicted molar refractivity (Wildman–Crippen MR) is 92.9 cm³/mol. The molecule has 2 aromatic rings. The SMILES string of the molecule is Cc1cc(-c2cc(F)cc3c2O[C@H](CNC(=O)CCC(F)(F)F)C3)ccc1F. The van der Waals surface area contributed by atoms with Crippen molar-refractivity contribution in [2.24, 2.45) is 0 Å². The van der Waals surface area contributed by atoms with E-state index in [1.165, 1.54) is 24.3 Å². The molecule has 0 aliphatic carbocycles. The molecular weight excluding hydrogens is 381 g/mol. The van der Waals surface area contributed by atoms with Crippen molar-refractivity contribution in [1.82, 2.24) is 5.32 Å². The van der Waals surface area contributed by atoms with Crippen LogP contribution in [0.5, 0.6) is 5.75 Å². The second-order valence-electron chi connectivity index (χ2n) is 6.77. The second kappa shape index (κ2) is 7.77. The second-order valence-corrected chi connectivity index (χ2v) is 6.77. The Morgan fingerprint density at radius 3 is 2.64 bits per heavy atom. The lowest BCUT2D eigenvalue weighted by Crippen LogP contribution is -2.34. The first-order valence-corrected chi connectivity index (χ1v) is 8.71. The van der Waals surface area contributed by atoms with Crippen LogP contribution < -0.4 is 10.1 Å². The number of alkyl halides is 3. The fourth-order valence-electron chi connectivity index (χ4n) is 3.11. The van der Waals surface area contributed by atoms with E-state index in [1.807, 2.05) is 0 Å². The Balaban J connectivity index is 1.70. The first-order valence-electron chi connectivity index (χ1n) is 8.71. The fourth-order valence-corrected chi connectivity index (χ4v) is 3.11. The quantitative estimate of drug-likeness (QED) is 0.740. The number of ether oxygens (including phenoxy) is 1. The summed E-state index contributed by atoms with van der Waals surface area (Å²) in [5, 5.41) is 2.42. The van der Waals surface area contributed by atoms with Gasteiger partial charge in [-0.05, 0) is 42.3 Å². The molecule has 3 nitrogen and oxygen atoms in total. The zero-order valence-electron chi connectivity index (χ0n) is 15.0. The highest BCUT2D eigenvalue weighted by Gasteiger charge is 2.30. The van der Waals surface area contributed by atoms with Crippen molar-refractivity contribution < 1.29 is 31.5 Å². The number of carbonyl (C=O) groups excluding carboxylic acids is 1. The van der Waals surface area contributed by atoms with Gasteiger partial charge in [0.15, 0.2) is 0 Å². The zero-order valence-corrected chi connectivity index (χ0v) is 15.0. The molecule has 2 aromatic carbocycles. The van der Waals surface area contributed by atoms with Crippen LogP contribution in [0.3, 0.4) is 0 Å². The number of halogens is 5. The summed E-state index contributed by atoms with van der Waals surface area (Å²) in [4.78, 5) is 11.6. The van der Waals surface area contributed by atoms with Gasteiger partial charge in [0.25, 0.3) is 0 Å². The normalized spacial score (nSPS) is 15.9. The van der Waals surface area contributed by atoms with Gasteiger partial charge in [-0.3, -0.25) is 4.79 Å². The number of benzene rings is 2. The van der Waals surface area contributed by atoms with Gasteiger partial charge in [-0.25, -0.2) is 8.78 Å². The molecule has 0 spiro atoms. The van der Waals surface area contributed by atoms with Gasteiger partial charge in [-0.1, -0.05) is 6.07 Å². The van der Waals surface area contributed by atoms with Crippen LogP contribution in [-0.4, -0.2) is 24.7 Å². The summed E-state index contributed by atoms with van der Waals surface area (Å²) >= 11 is 0. The summed E-state index contributed by atoms with van der Waals surface area (Å²) < 4.78 is 69.9. The molecule has 1 N–H and O–H groups in total. The van der Waals surface area contributed by atoms with Crippen molar-refractivity contribution in [2.75, 3.05) is 6.54 Å². The summed E-state index contributed by atoms with van der Waals surface area (Å²) in [5.41, 5.74) is 2.04. The lowest BCUT2D eigenvalue weighted by molar-refractivity contribution is -0.144. The van der Waals surface area contributed by atoms with Gasteiger partial charge >= 0.3 is 6.18 Å². The first-order chi connectivity index (χ1) is 13.1. The topological polar surface area (TPSA) is 38.3 Å². The van der Waals surface area contributed by atoms with Gasteiger partial charge in [-0.15, -0.1) is 0 Å². The molecule has 0 aromatic heterocycles. The molecule has 0 saturated carbocycles. The van der Waals surface area contributed by atoms with Gasteiger partial charge in [-0.2, -0.15) is 13.2 Å². The van der Waals surface area contributed by atoms with Gasteiger partial charge in [0.2, 0.25) is 5.91 Å². The van der Waals surface area contributed by atoms with E-state index in [0.29, 0.717) is 34.4 Å². The van der Waals surface area contributed by atoms with Crippen LogP contribution in [-0.2, 0) is 11.2 Å². The molecule has 0 unspecified atom stereocenters. The van der Waals surface area contributed by atoms with Crippen LogP contribution in [0.1, 0.15) is 24.0 Å². The van der Waals surface area contributed by atoms with Gasteiger partial charge in [0.05, 0.1) is 13.0 Å². The minimum Gasteiger partial charge on any atom is -0.487 e. The summed E-state index contributed by atoms with van der Waals surface area (Å²) in [6.45, 7) is 1.60. The van der Waals surface area contributed by atoms with Crippen molar-refractivity contribution in [2.45, 2.75) is 38.5 Å². The molecule has 1 heterocycles. The Bertz CT molecular complexity index is 895. The molecule has 8 heteroatoms. The number of hydrogen-bond donors (Lipinski definition) is 1. The number of hydrogen-bond acceptors (Lipinski definition) is 2. The number of carbonyl (C=O) groups is 1. The maximum Gasteiger partial charge on any atom is 0.389 e. The fraction of sp³-hybridized carbons (Fsp3) is 0.350. The summed E-state index contributed by atoms with van der Waals surface area (Å²) in [7, 11) is 0. The van der Waals surface area contributed by atoms with E-state index in [9.17, 15) is 26.7 Å². The predicted octanol–water partition coefficient (Wildman–Crippen LogP) is 4.70. The van der Waals surface area contributed by atoms with E-state index in [1.54, 1.807) is 13.0 Å². The van der Waals surface area contributed by atoms with E-state index >= 15 is 0 Å². The van der Waals surface area contributed by atoms with E-state index in [2.05, 4.69) is 5.32 Å². The van der Waals surface area contributed by atoms with Crippen molar-refractivity contribution in [3.8, 4) is 16.9 Å². The van der Waals surface area contributed by atoms with E-state index < -0.39 is 36.8 Å². The molecule has 1 amide bonds. The molecule has 1 aliphatic heterocycles. The highest BCUT2D eigenvalue weighted by atomic mass is 19.4. The zero-order chi connectivity index (χ0) is 20.5. The van der Waals surface area contributed by atoms with Crippen LogP contribution in [0.25, 0.3) is 11.1 Å². The summed E-state index contributed by atoms with van der Waals surface area (Å²) in [6.07, 6.45) is -6.45. The van der Waals surface area contributed by atoms with Gasteiger partial charge < -0.3 is 10.1 Å². The monoisotopic (exact) mass is 399 g/mol. The molecule has 28 heavy (non-hydrogen) atoms. The van der Waals surface area contributed by atoms with Crippen LogP contribution in [0.4, 0.5) is 22.0 Å². The standard InChI is InChI=1S/C20H18F5NO2/c1-11-6-12(2-3-17(11)22)16-9-14(21)7-13-8-15(28-19(13)16)10-26-18(27)4-5-20(23,24)25/h2-3,6-7,9,15H,4-5,8,10H2,1H3,(H,26,27)/t15-/m0/s1. The average Bonchev–Trinajstić information content (AvgIpc) is 3.02. The Labute approximate surface area is 158 Å². The van der Waals surface area contributed by atoms with Crippen molar-refractivity contribution in [1.29, 1.82) is 0 Å². The summed E-state index contributed by atoms with van der Waals surface area (Å²) in [6, 6.07) is 7.00. The maximum atomic E-state index is 14.0. The third kappa shape index (κ3) is 4.79. The number of nitrogens with one attached hydrogen (secondary N) is 1. The number of aryl methyl sites for hydroxylation is 1. The lowest BCUT2D eigenvalue weighted by Gasteiger charge is -2.14. The highest BCUT2D eigenvalue weighted by Crippen LogP contribution is 2.40. The Morgan fingerprint density at radius 2 is 1.96 bits per heavy atom. The third-order valence-electron chi connectivity index (χ3n) is 4.49. The minimum absolute atomic E-state index is 0.00880. The molecule has 0 bridgehead atoms. The van der Waals surface area contributed by atoms with Crippen LogP contribution in [0.2, 0.25) is 0 Å². The lowest BCUT2D eigenvalue weighted by atomic mass is 9.99. The molecule has 0 fully saturated rings. The average molecular weight is 399 g/mol.